The lowest BCUT2D eigenvalue weighted by molar-refractivity contribution is 0.0562. The van der Waals surface area contributed by atoms with Gasteiger partial charge in [-0.15, -0.1) is 0 Å². The van der Waals surface area contributed by atoms with E-state index in [2.05, 4.69) is 11.1 Å². The molecule has 0 saturated heterocycles. The van der Waals surface area contributed by atoms with Gasteiger partial charge in [0.15, 0.2) is 6.10 Å². The van der Waals surface area contributed by atoms with Crippen LogP contribution in [0.2, 0.25) is 10.0 Å². The molecule has 1 unspecified atom stereocenters. The molecule has 0 aliphatic carbocycles. The van der Waals surface area contributed by atoms with Gasteiger partial charge in [0.2, 0.25) is 0 Å². The SMILES string of the molecule is CC(On1ccc2ncc(-c3cccc(CC#N)c3)cc21)c1c(Cl)ccc(F)c1Cl. The van der Waals surface area contributed by atoms with Gasteiger partial charge in [-0.25, -0.2) is 4.39 Å². The highest BCUT2D eigenvalue weighted by molar-refractivity contribution is 6.36. The molecule has 0 saturated carbocycles. The van der Waals surface area contributed by atoms with Crippen LogP contribution in [0.5, 0.6) is 0 Å². The first-order chi connectivity index (χ1) is 14.5. The van der Waals surface area contributed by atoms with E-state index < -0.39 is 11.9 Å². The Bertz CT molecular complexity index is 1280. The third-order valence-corrected chi connectivity index (χ3v) is 5.52. The molecule has 0 amide bonds. The van der Waals surface area contributed by atoms with E-state index >= 15 is 0 Å². The standard InChI is InChI=1S/C23H16Cl2FN3O/c1-14(22-18(24)5-6-19(26)23(22)25)30-29-10-8-20-21(29)12-17(13-28-20)16-4-2-3-15(11-16)7-9-27/h2-6,8,10-14H,7H2,1H3. The van der Waals surface area contributed by atoms with Gasteiger partial charge in [0.1, 0.15) is 11.3 Å². The highest BCUT2D eigenvalue weighted by atomic mass is 35.5. The third-order valence-electron chi connectivity index (χ3n) is 4.80. The van der Waals surface area contributed by atoms with Crippen LogP contribution in [-0.2, 0) is 6.42 Å². The maximum absolute atomic E-state index is 13.9. The minimum absolute atomic E-state index is 0.0559. The van der Waals surface area contributed by atoms with E-state index in [0.29, 0.717) is 17.0 Å². The molecule has 0 bridgehead atoms. The van der Waals surface area contributed by atoms with E-state index in [0.717, 1.165) is 27.7 Å². The number of hydrogen-bond acceptors (Lipinski definition) is 3. The topological polar surface area (TPSA) is 50.8 Å². The molecule has 30 heavy (non-hydrogen) atoms. The van der Waals surface area contributed by atoms with Crippen molar-refractivity contribution in [3.63, 3.8) is 0 Å². The van der Waals surface area contributed by atoms with Crippen molar-refractivity contribution in [2.45, 2.75) is 19.4 Å². The molecule has 0 spiro atoms. The van der Waals surface area contributed by atoms with Crippen LogP contribution >= 0.6 is 23.2 Å². The number of hydrogen-bond donors (Lipinski definition) is 0. The third kappa shape index (κ3) is 3.85. The molecular formula is C23H16Cl2FN3O. The number of fused-ring (bicyclic) bond motifs is 1. The van der Waals surface area contributed by atoms with E-state index in [1.807, 2.05) is 36.4 Å². The van der Waals surface area contributed by atoms with Gasteiger partial charge in [-0.2, -0.15) is 9.99 Å². The zero-order valence-electron chi connectivity index (χ0n) is 15.9. The number of pyridine rings is 1. The fraction of sp³-hybridized carbons (Fsp3) is 0.130. The zero-order chi connectivity index (χ0) is 21.3. The van der Waals surface area contributed by atoms with E-state index in [1.54, 1.807) is 24.0 Å². The molecule has 150 valence electrons. The Morgan fingerprint density at radius 1 is 1.17 bits per heavy atom. The Morgan fingerprint density at radius 2 is 2.00 bits per heavy atom. The van der Waals surface area contributed by atoms with Crippen molar-refractivity contribution in [3.8, 4) is 17.2 Å². The van der Waals surface area contributed by atoms with Crippen molar-refractivity contribution in [1.29, 1.82) is 5.26 Å². The first kappa shape index (κ1) is 20.2. The van der Waals surface area contributed by atoms with Crippen LogP contribution in [0.25, 0.3) is 22.2 Å². The maximum Gasteiger partial charge on any atom is 0.150 e. The van der Waals surface area contributed by atoms with E-state index in [4.69, 9.17) is 33.3 Å². The summed E-state index contributed by atoms with van der Waals surface area (Å²) < 4.78 is 15.5. The largest absolute Gasteiger partial charge is 0.406 e. The summed E-state index contributed by atoms with van der Waals surface area (Å²) in [4.78, 5) is 10.5. The smallest absolute Gasteiger partial charge is 0.150 e. The van der Waals surface area contributed by atoms with Crippen LogP contribution < -0.4 is 4.84 Å². The summed E-state index contributed by atoms with van der Waals surface area (Å²) in [6, 6.07) is 16.4. The Balaban J connectivity index is 1.70. The quantitative estimate of drug-likeness (QED) is 0.337. The van der Waals surface area contributed by atoms with Gasteiger partial charge in [-0.3, -0.25) is 4.98 Å². The number of nitrogens with zero attached hydrogens (tertiary/aromatic N) is 3. The molecule has 0 radical (unpaired) electrons. The fourth-order valence-corrected chi connectivity index (χ4v) is 4.01. The molecule has 4 nitrogen and oxygen atoms in total. The Hall–Kier alpha value is -3.07. The lowest BCUT2D eigenvalue weighted by atomic mass is 10.0. The maximum atomic E-state index is 13.9. The van der Waals surface area contributed by atoms with Gasteiger partial charge in [-0.1, -0.05) is 47.5 Å². The van der Waals surface area contributed by atoms with Crippen LogP contribution in [0.3, 0.4) is 0 Å². The molecule has 7 heteroatoms. The van der Waals surface area contributed by atoms with Gasteiger partial charge >= 0.3 is 0 Å². The van der Waals surface area contributed by atoms with Crippen molar-refractivity contribution in [2.24, 2.45) is 0 Å². The summed E-state index contributed by atoms with van der Waals surface area (Å²) in [5, 5.41) is 9.22. The molecule has 2 aromatic carbocycles. The Labute approximate surface area is 183 Å². The number of rotatable bonds is 5. The highest BCUT2D eigenvalue weighted by Gasteiger charge is 2.20. The van der Waals surface area contributed by atoms with E-state index in [1.165, 1.54) is 12.1 Å². The molecule has 0 aliphatic rings. The van der Waals surface area contributed by atoms with Crippen LogP contribution in [0, 0.1) is 17.1 Å². The minimum Gasteiger partial charge on any atom is -0.406 e. The summed E-state index contributed by atoms with van der Waals surface area (Å²) in [5.41, 5.74) is 4.65. The van der Waals surface area contributed by atoms with E-state index in [-0.39, 0.29) is 5.02 Å². The molecule has 0 aliphatic heterocycles. The first-order valence-corrected chi connectivity index (χ1v) is 9.97. The molecule has 4 aromatic rings. The Morgan fingerprint density at radius 3 is 2.80 bits per heavy atom. The van der Waals surface area contributed by atoms with Gasteiger partial charge in [0, 0.05) is 28.5 Å². The fourth-order valence-electron chi connectivity index (χ4n) is 3.33. The summed E-state index contributed by atoms with van der Waals surface area (Å²) in [6.45, 7) is 1.75. The van der Waals surface area contributed by atoms with Crippen LogP contribution in [0.1, 0.15) is 24.2 Å². The highest BCUT2D eigenvalue weighted by Crippen LogP contribution is 2.33. The van der Waals surface area contributed by atoms with E-state index in [9.17, 15) is 4.39 Å². The molecule has 0 fully saturated rings. The molecule has 2 heterocycles. The molecule has 4 rings (SSSR count). The predicted molar refractivity (Wildman–Crippen MR) is 116 cm³/mol. The van der Waals surface area contributed by atoms with Gasteiger partial charge in [0.05, 0.1) is 23.0 Å². The summed E-state index contributed by atoms with van der Waals surface area (Å²) in [6.07, 6.45) is 3.27. The van der Waals surface area contributed by atoms with Crippen molar-refractivity contribution >= 4 is 34.2 Å². The lowest BCUT2D eigenvalue weighted by Crippen LogP contribution is -2.16. The Kier molecular flexibility index (Phi) is 5.63. The average Bonchev–Trinajstić information content (AvgIpc) is 3.13. The first-order valence-electron chi connectivity index (χ1n) is 9.22. The normalized spacial score (nSPS) is 12.0. The number of nitriles is 1. The van der Waals surface area contributed by atoms with Crippen molar-refractivity contribution < 1.29 is 9.23 Å². The minimum atomic E-state index is -0.598. The van der Waals surface area contributed by atoms with Crippen LogP contribution in [-0.4, -0.2) is 9.71 Å². The number of aromatic nitrogens is 2. The molecule has 2 aromatic heterocycles. The summed E-state index contributed by atoms with van der Waals surface area (Å²) >= 11 is 12.3. The predicted octanol–water partition coefficient (Wildman–Crippen LogP) is 6.41. The molecule has 1 atom stereocenters. The zero-order valence-corrected chi connectivity index (χ0v) is 17.5. The molecular weight excluding hydrogens is 424 g/mol. The van der Waals surface area contributed by atoms with Crippen LogP contribution in [0.4, 0.5) is 4.39 Å². The average molecular weight is 440 g/mol. The second-order valence-corrected chi connectivity index (χ2v) is 7.59. The van der Waals surface area contributed by atoms with Crippen LogP contribution in [0.15, 0.2) is 60.9 Å². The van der Waals surface area contributed by atoms with Gasteiger partial charge in [0.25, 0.3) is 0 Å². The number of halogens is 3. The second-order valence-electron chi connectivity index (χ2n) is 6.81. The van der Waals surface area contributed by atoms with Crippen molar-refractivity contribution in [3.05, 3.63) is 87.9 Å². The monoisotopic (exact) mass is 439 g/mol. The van der Waals surface area contributed by atoms with Gasteiger partial charge in [-0.05, 0) is 42.3 Å². The van der Waals surface area contributed by atoms with Crippen molar-refractivity contribution in [1.82, 2.24) is 9.71 Å². The summed E-state index contributed by atoms with van der Waals surface area (Å²) in [5.74, 6) is -0.551. The van der Waals surface area contributed by atoms with Crippen molar-refractivity contribution in [2.75, 3.05) is 0 Å². The summed E-state index contributed by atoms with van der Waals surface area (Å²) in [7, 11) is 0. The number of benzene rings is 2. The van der Waals surface area contributed by atoms with Gasteiger partial charge < -0.3 is 4.84 Å². The lowest BCUT2D eigenvalue weighted by Gasteiger charge is -2.19. The second kappa shape index (κ2) is 8.35. The molecule has 0 N–H and O–H groups in total.